The first-order valence-electron chi connectivity index (χ1n) is 5.27. The molecule has 0 aliphatic heterocycles. The Kier molecular flexibility index (Phi) is 3.25. The summed E-state index contributed by atoms with van der Waals surface area (Å²) >= 11 is 0. The number of ether oxygens (including phenoxy) is 1. The molecule has 0 spiro atoms. The molecule has 0 heterocycles. The summed E-state index contributed by atoms with van der Waals surface area (Å²) in [7, 11) is 1.60. The first-order valence-corrected chi connectivity index (χ1v) is 5.27. The summed E-state index contributed by atoms with van der Waals surface area (Å²) in [5, 5.41) is 10.9. The standard InChI is InChI=1S/C13H14N2O2/c1-9(15-16)14-12-7-10-5-3-4-6-11(10)8-13(12)17-2/h3-8,16H,1-2H3,(H,14,15). The SMILES string of the molecule is COc1cc2ccccc2cc1N=C(C)NO. The molecule has 2 rings (SSSR count). The Labute approximate surface area is 99.5 Å². The number of hydroxylamine groups is 1. The molecule has 0 atom stereocenters. The third kappa shape index (κ3) is 2.37. The Morgan fingerprint density at radius 2 is 1.88 bits per heavy atom. The Morgan fingerprint density at radius 3 is 2.47 bits per heavy atom. The lowest BCUT2D eigenvalue weighted by Gasteiger charge is -2.07. The summed E-state index contributed by atoms with van der Waals surface area (Å²) in [6, 6.07) is 11.8. The highest BCUT2D eigenvalue weighted by atomic mass is 16.5. The zero-order valence-corrected chi connectivity index (χ0v) is 9.77. The Morgan fingerprint density at radius 1 is 1.24 bits per heavy atom. The normalized spacial score (nSPS) is 11.6. The molecule has 0 unspecified atom stereocenters. The van der Waals surface area contributed by atoms with Crippen LogP contribution in [0.5, 0.6) is 5.75 Å². The molecule has 2 aromatic rings. The predicted molar refractivity (Wildman–Crippen MR) is 68.2 cm³/mol. The number of methoxy groups -OCH3 is 1. The van der Waals surface area contributed by atoms with Gasteiger partial charge >= 0.3 is 0 Å². The minimum absolute atomic E-state index is 0.415. The summed E-state index contributed by atoms with van der Waals surface area (Å²) in [5.74, 6) is 1.09. The van der Waals surface area contributed by atoms with E-state index in [9.17, 15) is 0 Å². The van der Waals surface area contributed by atoms with Crippen molar-refractivity contribution in [3.8, 4) is 5.75 Å². The van der Waals surface area contributed by atoms with Crippen LogP contribution in [0.25, 0.3) is 10.8 Å². The fourth-order valence-corrected chi connectivity index (χ4v) is 1.66. The summed E-state index contributed by atoms with van der Waals surface area (Å²) < 4.78 is 5.28. The van der Waals surface area contributed by atoms with Gasteiger partial charge in [-0.15, -0.1) is 0 Å². The molecule has 0 amide bonds. The number of amidine groups is 1. The highest BCUT2D eigenvalue weighted by molar-refractivity contribution is 5.90. The largest absolute Gasteiger partial charge is 0.494 e. The van der Waals surface area contributed by atoms with E-state index in [-0.39, 0.29) is 0 Å². The van der Waals surface area contributed by atoms with Crippen LogP contribution in [0.3, 0.4) is 0 Å². The lowest BCUT2D eigenvalue weighted by molar-refractivity contribution is 0.234. The van der Waals surface area contributed by atoms with Gasteiger partial charge < -0.3 is 4.74 Å². The van der Waals surface area contributed by atoms with E-state index in [2.05, 4.69) is 4.99 Å². The predicted octanol–water partition coefficient (Wildman–Crippen LogP) is 2.88. The number of nitrogens with one attached hydrogen (secondary N) is 1. The van der Waals surface area contributed by atoms with Crippen molar-refractivity contribution in [1.82, 2.24) is 5.48 Å². The number of aliphatic imine (C=N–C) groups is 1. The molecule has 88 valence electrons. The number of rotatable bonds is 2. The average Bonchev–Trinajstić information content (AvgIpc) is 2.37. The molecule has 2 aromatic carbocycles. The van der Waals surface area contributed by atoms with Crippen LogP contribution in [0.1, 0.15) is 6.92 Å². The van der Waals surface area contributed by atoms with Crippen molar-refractivity contribution in [3.05, 3.63) is 36.4 Å². The number of hydrogen-bond donors (Lipinski definition) is 2. The molecule has 0 bridgehead atoms. The molecule has 0 radical (unpaired) electrons. The average molecular weight is 230 g/mol. The lowest BCUT2D eigenvalue weighted by Crippen LogP contribution is -2.13. The first kappa shape index (κ1) is 11.4. The maximum absolute atomic E-state index is 8.75. The smallest absolute Gasteiger partial charge is 0.145 e. The van der Waals surface area contributed by atoms with Crippen LogP contribution >= 0.6 is 0 Å². The number of hydrogen-bond acceptors (Lipinski definition) is 3. The van der Waals surface area contributed by atoms with Gasteiger partial charge in [-0.3, -0.25) is 10.7 Å². The molecule has 0 aliphatic rings. The van der Waals surface area contributed by atoms with Crippen LogP contribution in [-0.4, -0.2) is 18.2 Å². The number of fused-ring (bicyclic) bond motifs is 1. The molecule has 0 saturated heterocycles. The Bertz CT molecular complexity index is 564. The van der Waals surface area contributed by atoms with Gasteiger partial charge in [0.1, 0.15) is 17.3 Å². The van der Waals surface area contributed by atoms with E-state index in [1.54, 1.807) is 14.0 Å². The van der Waals surface area contributed by atoms with Crippen molar-refractivity contribution in [2.75, 3.05) is 7.11 Å². The Hall–Kier alpha value is -2.07. The van der Waals surface area contributed by atoms with Gasteiger partial charge in [-0.2, -0.15) is 0 Å². The molecule has 0 aromatic heterocycles. The number of nitrogens with zero attached hydrogens (tertiary/aromatic N) is 1. The van der Waals surface area contributed by atoms with Gasteiger partial charge in [-0.25, -0.2) is 4.99 Å². The van der Waals surface area contributed by atoms with Crippen LogP contribution in [0.2, 0.25) is 0 Å². The van der Waals surface area contributed by atoms with E-state index in [1.165, 1.54) is 0 Å². The first-order chi connectivity index (χ1) is 8.24. The number of benzene rings is 2. The van der Waals surface area contributed by atoms with E-state index in [4.69, 9.17) is 9.94 Å². The van der Waals surface area contributed by atoms with Crippen LogP contribution in [0, 0.1) is 0 Å². The molecular formula is C13H14N2O2. The monoisotopic (exact) mass is 230 g/mol. The van der Waals surface area contributed by atoms with Crippen LogP contribution in [0.4, 0.5) is 5.69 Å². The third-order valence-corrected chi connectivity index (χ3v) is 2.50. The minimum Gasteiger partial charge on any atom is -0.494 e. The summed E-state index contributed by atoms with van der Waals surface area (Å²) in [4.78, 5) is 4.23. The van der Waals surface area contributed by atoms with Gasteiger partial charge in [0, 0.05) is 0 Å². The maximum atomic E-state index is 8.75. The van der Waals surface area contributed by atoms with E-state index < -0.39 is 0 Å². The van der Waals surface area contributed by atoms with Crippen LogP contribution < -0.4 is 10.2 Å². The van der Waals surface area contributed by atoms with Gasteiger partial charge in [-0.05, 0) is 29.8 Å². The lowest BCUT2D eigenvalue weighted by atomic mass is 10.1. The minimum atomic E-state index is 0.415. The van der Waals surface area contributed by atoms with Crippen molar-refractivity contribution in [2.45, 2.75) is 6.92 Å². The van der Waals surface area contributed by atoms with E-state index in [1.807, 2.05) is 41.9 Å². The van der Waals surface area contributed by atoms with Gasteiger partial charge in [0.2, 0.25) is 0 Å². The Balaban J connectivity index is 2.61. The molecule has 17 heavy (non-hydrogen) atoms. The van der Waals surface area contributed by atoms with Crippen LogP contribution in [-0.2, 0) is 0 Å². The van der Waals surface area contributed by atoms with Crippen molar-refractivity contribution >= 4 is 22.3 Å². The van der Waals surface area contributed by atoms with Gasteiger partial charge in [-0.1, -0.05) is 24.3 Å². The van der Waals surface area contributed by atoms with Crippen molar-refractivity contribution in [2.24, 2.45) is 4.99 Å². The molecule has 4 nitrogen and oxygen atoms in total. The fourth-order valence-electron chi connectivity index (χ4n) is 1.66. The van der Waals surface area contributed by atoms with Gasteiger partial charge in [0.25, 0.3) is 0 Å². The highest BCUT2D eigenvalue weighted by Crippen LogP contribution is 2.32. The third-order valence-electron chi connectivity index (χ3n) is 2.50. The quantitative estimate of drug-likeness (QED) is 0.474. The van der Waals surface area contributed by atoms with Gasteiger partial charge in [0.15, 0.2) is 0 Å². The van der Waals surface area contributed by atoms with E-state index in [0.29, 0.717) is 17.3 Å². The topological polar surface area (TPSA) is 53.8 Å². The van der Waals surface area contributed by atoms with Crippen LogP contribution in [0.15, 0.2) is 41.4 Å². The second-order valence-corrected chi connectivity index (χ2v) is 3.68. The molecule has 2 N–H and O–H groups in total. The molecule has 0 aliphatic carbocycles. The van der Waals surface area contributed by atoms with E-state index >= 15 is 0 Å². The second-order valence-electron chi connectivity index (χ2n) is 3.68. The summed E-state index contributed by atoms with van der Waals surface area (Å²) in [5.41, 5.74) is 2.69. The van der Waals surface area contributed by atoms with Gasteiger partial charge in [0.05, 0.1) is 7.11 Å². The van der Waals surface area contributed by atoms with Crippen molar-refractivity contribution in [3.63, 3.8) is 0 Å². The summed E-state index contributed by atoms with van der Waals surface area (Å²) in [6.07, 6.45) is 0. The molecule has 0 fully saturated rings. The molecule has 0 saturated carbocycles. The van der Waals surface area contributed by atoms with Crippen molar-refractivity contribution < 1.29 is 9.94 Å². The molecular weight excluding hydrogens is 216 g/mol. The van der Waals surface area contributed by atoms with E-state index in [0.717, 1.165) is 10.8 Å². The molecule has 4 heteroatoms. The maximum Gasteiger partial charge on any atom is 0.145 e. The summed E-state index contributed by atoms with van der Waals surface area (Å²) in [6.45, 7) is 1.68. The zero-order chi connectivity index (χ0) is 12.3. The highest BCUT2D eigenvalue weighted by Gasteiger charge is 2.04. The zero-order valence-electron chi connectivity index (χ0n) is 9.77. The van der Waals surface area contributed by atoms with Crippen molar-refractivity contribution in [1.29, 1.82) is 0 Å². The second kappa shape index (κ2) is 4.84. The fraction of sp³-hybridized carbons (Fsp3) is 0.154.